The number of piperidine rings is 1. The number of amides is 1. The lowest BCUT2D eigenvalue weighted by atomic mass is 9.85. The molecule has 0 unspecified atom stereocenters. The van der Waals surface area contributed by atoms with Gasteiger partial charge in [-0.1, -0.05) is 60.7 Å². The quantitative estimate of drug-likeness (QED) is 0.312. The maximum Gasteiger partial charge on any atom is 0.248 e. The highest BCUT2D eigenvalue weighted by Crippen LogP contribution is 2.33. The molecule has 226 valence electrons. The second-order valence-electron chi connectivity index (χ2n) is 11.1. The van der Waals surface area contributed by atoms with E-state index in [9.17, 15) is 18.3 Å². The third-order valence-corrected chi connectivity index (χ3v) is 10.3. The first-order valence-electron chi connectivity index (χ1n) is 14.3. The van der Waals surface area contributed by atoms with Crippen LogP contribution in [-0.2, 0) is 32.5 Å². The summed E-state index contributed by atoms with van der Waals surface area (Å²) in [5, 5.41) is 11.0. The molecule has 0 aromatic heterocycles. The van der Waals surface area contributed by atoms with Gasteiger partial charge in [0.25, 0.3) is 0 Å². The topological polar surface area (TPSA) is 96.4 Å². The molecule has 1 amide bonds. The maximum atomic E-state index is 14.0. The Morgan fingerprint density at radius 2 is 1.55 bits per heavy atom. The number of hydrogen-bond acceptors (Lipinski definition) is 6. The average molecular weight is 595 g/mol. The van der Waals surface area contributed by atoms with E-state index in [0.717, 1.165) is 16.7 Å². The molecule has 0 radical (unpaired) electrons. The van der Waals surface area contributed by atoms with Crippen molar-refractivity contribution in [2.75, 3.05) is 40.0 Å². The molecule has 0 bridgehead atoms. The Bertz CT molecular complexity index is 1450. The van der Waals surface area contributed by atoms with Crippen LogP contribution in [-0.4, -0.2) is 74.2 Å². The summed E-state index contributed by atoms with van der Waals surface area (Å²) >= 11 is 0. The second kappa shape index (κ2) is 13.8. The van der Waals surface area contributed by atoms with Gasteiger partial charge < -0.3 is 19.5 Å². The summed E-state index contributed by atoms with van der Waals surface area (Å²) in [5.74, 6) is 0.489. The molecule has 4 rings (SSSR count). The molecule has 8 nitrogen and oxygen atoms in total. The van der Waals surface area contributed by atoms with Crippen molar-refractivity contribution in [3.8, 4) is 5.75 Å². The van der Waals surface area contributed by atoms with Crippen molar-refractivity contribution in [3.05, 3.63) is 94.5 Å². The number of aryl methyl sites for hydroxylation is 1. The Kier molecular flexibility index (Phi) is 10.4. The zero-order valence-electron chi connectivity index (χ0n) is 25.0. The highest BCUT2D eigenvalue weighted by molar-refractivity contribution is 7.89. The predicted molar refractivity (Wildman–Crippen MR) is 163 cm³/mol. The smallest absolute Gasteiger partial charge is 0.248 e. The molecule has 9 heteroatoms. The minimum Gasteiger partial charge on any atom is -0.496 e. The van der Waals surface area contributed by atoms with Gasteiger partial charge in [0.05, 0.1) is 24.2 Å². The average Bonchev–Trinajstić information content (AvgIpc) is 2.97. The Hall–Kier alpha value is -3.24. The first-order chi connectivity index (χ1) is 20.0. The normalized spacial score (nSPS) is 15.1. The Morgan fingerprint density at radius 3 is 2.14 bits per heavy atom. The van der Waals surface area contributed by atoms with E-state index in [-0.39, 0.29) is 37.1 Å². The van der Waals surface area contributed by atoms with Gasteiger partial charge in [-0.15, -0.1) is 0 Å². The molecule has 1 saturated heterocycles. The van der Waals surface area contributed by atoms with Crippen LogP contribution < -0.4 is 4.74 Å². The standard InChI is InChI=1S/C33H42N2O6S/c1-25-21-30(40-4)26(2)27(3)32(25)42(38,39)35(23-29-13-9-6-10-14-29)19-20-41-24-31(36)34-17-15-33(37,16-18-34)22-28-11-7-5-8-12-28/h5-14,21,37H,15-20,22-24H2,1-4H3. The van der Waals surface area contributed by atoms with Gasteiger partial charge in [-0.05, 0) is 67.5 Å². The molecule has 1 fully saturated rings. The summed E-state index contributed by atoms with van der Waals surface area (Å²) in [7, 11) is -2.32. The van der Waals surface area contributed by atoms with E-state index in [2.05, 4.69) is 0 Å². The van der Waals surface area contributed by atoms with Gasteiger partial charge in [-0.2, -0.15) is 4.31 Å². The van der Waals surface area contributed by atoms with Crippen molar-refractivity contribution in [3.63, 3.8) is 0 Å². The van der Waals surface area contributed by atoms with Crippen molar-refractivity contribution in [2.24, 2.45) is 0 Å². The van der Waals surface area contributed by atoms with Gasteiger partial charge in [-0.25, -0.2) is 8.42 Å². The Labute approximate surface area is 249 Å². The number of aliphatic hydroxyl groups is 1. The fourth-order valence-corrected chi connectivity index (χ4v) is 7.47. The molecule has 3 aromatic carbocycles. The fraction of sp³-hybridized carbons (Fsp3) is 0.424. The van der Waals surface area contributed by atoms with E-state index in [4.69, 9.17) is 9.47 Å². The van der Waals surface area contributed by atoms with Crippen LogP contribution in [0, 0.1) is 20.8 Å². The summed E-state index contributed by atoms with van der Waals surface area (Å²) in [4.78, 5) is 14.9. The minimum atomic E-state index is -3.89. The van der Waals surface area contributed by atoms with Gasteiger partial charge in [0.1, 0.15) is 12.4 Å². The van der Waals surface area contributed by atoms with Gasteiger partial charge in [0, 0.05) is 32.6 Å². The van der Waals surface area contributed by atoms with Crippen molar-refractivity contribution in [1.82, 2.24) is 9.21 Å². The molecule has 1 N–H and O–H groups in total. The predicted octanol–water partition coefficient (Wildman–Crippen LogP) is 4.42. The van der Waals surface area contributed by atoms with Crippen LogP contribution in [0.25, 0.3) is 0 Å². The van der Waals surface area contributed by atoms with Crippen molar-refractivity contribution in [2.45, 2.75) is 57.1 Å². The molecular formula is C33H42N2O6S. The maximum absolute atomic E-state index is 14.0. The Morgan fingerprint density at radius 1 is 0.952 bits per heavy atom. The number of methoxy groups -OCH3 is 1. The highest BCUT2D eigenvalue weighted by Gasteiger charge is 2.34. The number of sulfonamides is 1. The van der Waals surface area contributed by atoms with E-state index >= 15 is 0 Å². The van der Waals surface area contributed by atoms with E-state index in [1.807, 2.05) is 67.6 Å². The molecule has 1 aliphatic rings. The van der Waals surface area contributed by atoms with E-state index in [0.29, 0.717) is 49.2 Å². The number of benzene rings is 3. The highest BCUT2D eigenvalue weighted by atomic mass is 32.2. The third kappa shape index (κ3) is 7.58. The van der Waals surface area contributed by atoms with Crippen LogP contribution in [0.2, 0.25) is 0 Å². The van der Waals surface area contributed by atoms with Gasteiger partial charge in [0.15, 0.2) is 0 Å². The van der Waals surface area contributed by atoms with Crippen LogP contribution >= 0.6 is 0 Å². The molecule has 0 spiro atoms. The molecule has 42 heavy (non-hydrogen) atoms. The molecule has 1 aliphatic heterocycles. The fourth-order valence-electron chi connectivity index (χ4n) is 5.57. The summed E-state index contributed by atoms with van der Waals surface area (Å²) in [6.45, 7) is 6.52. The van der Waals surface area contributed by atoms with Gasteiger partial charge in [-0.3, -0.25) is 4.79 Å². The SMILES string of the molecule is COc1cc(C)c(S(=O)(=O)N(CCOCC(=O)N2CCC(O)(Cc3ccccc3)CC2)Cc2ccccc2)c(C)c1C. The molecule has 1 heterocycles. The van der Waals surface area contributed by atoms with Crippen LogP contribution in [0.3, 0.4) is 0 Å². The first kappa shape index (κ1) is 31.7. The lowest BCUT2D eigenvalue weighted by molar-refractivity contribution is -0.140. The van der Waals surface area contributed by atoms with Gasteiger partial charge in [0.2, 0.25) is 15.9 Å². The van der Waals surface area contributed by atoms with E-state index in [1.165, 1.54) is 4.31 Å². The summed E-state index contributed by atoms with van der Waals surface area (Å²) < 4.78 is 40.7. The monoisotopic (exact) mass is 594 g/mol. The minimum absolute atomic E-state index is 0.0663. The zero-order chi connectivity index (χ0) is 30.3. The molecule has 0 atom stereocenters. The lowest BCUT2D eigenvalue weighted by Gasteiger charge is -2.38. The lowest BCUT2D eigenvalue weighted by Crippen LogP contribution is -2.48. The van der Waals surface area contributed by atoms with E-state index < -0.39 is 15.6 Å². The molecule has 0 saturated carbocycles. The number of ether oxygens (including phenoxy) is 2. The number of hydrogen-bond donors (Lipinski definition) is 1. The van der Waals surface area contributed by atoms with Gasteiger partial charge >= 0.3 is 0 Å². The number of carbonyl (C=O) groups is 1. The van der Waals surface area contributed by atoms with Crippen LogP contribution in [0.4, 0.5) is 0 Å². The molecule has 0 aliphatic carbocycles. The molecular weight excluding hydrogens is 552 g/mol. The second-order valence-corrected chi connectivity index (χ2v) is 13.0. The van der Waals surface area contributed by atoms with Crippen LogP contribution in [0.5, 0.6) is 5.75 Å². The Balaban J connectivity index is 1.38. The van der Waals surface area contributed by atoms with Crippen LogP contribution in [0.1, 0.15) is 40.7 Å². The van der Waals surface area contributed by atoms with Crippen LogP contribution in [0.15, 0.2) is 71.6 Å². The molecule has 3 aromatic rings. The number of carbonyl (C=O) groups excluding carboxylic acids is 1. The zero-order valence-corrected chi connectivity index (χ0v) is 25.8. The van der Waals surface area contributed by atoms with Crippen molar-refractivity contribution < 1.29 is 27.8 Å². The number of rotatable bonds is 12. The van der Waals surface area contributed by atoms with Crippen molar-refractivity contribution in [1.29, 1.82) is 0 Å². The third-order valence-electron chi connectivity index (χ3n) is 8.13. The summed E-state index contributed by atoms with van der Waals surface area (Å²) in [6, 6.07) is 21.1. The van der Waals surface area contributed by atoms with E-state index in [1.54, 1.807) is 31.9 Å². The van der Waals surface area contributed by atoms with Crippen molar-refractivity contribution >= 4 is 15.9 Å². The number of likely N-dealkylation sites (tertiary alicyclic amines) is 1. The summed E-state index contributed by atoms with van der Waals surface area (Å²) in [6.07, 6.45) is 1.55. The largest absolute Gasteiger partial charge is 0.496 e. The summed E-state index contributed by atoms with van der Waals surface area (Å²) in [5.41, 5.74) is 3.14. The number of nitrogens with zero attached hydrogens (tertiary/aromatic N) is 2. The first-order valence-corrected chi connectivity index (χ1v) is 15.8.